The monoisotopic (exact) mass is 528 g/mol. The fourth-order valence-corrected chi connectivity index (χ4v) is 4.69. The predicted octanol–water partition coefficient (Wildman–Crippen LogP) is 6.26. The summed E-state index contributed by atoms with van der Waals surface area (Å²) < 4.78 is 5.26. The fraction of sp³-hybridized carbons (Fsp3) is 0.387. The zero-order valence-electron chi connectivity index (χ0n) is 23.4. The number of esters is 1. The van der Waals surface area contributed by atoms with Gasteiger partial charge in [0.25, 0.3) is 0 Å². The number of ether oxygens (including phenoxy) is 1. The number of rotatable bonds is 10. The Morgan fingerprint density at radius 1 is 0.974 bits per heavy atom. The molecule has 0 spiro atoms. The molecule has 1 atom stereocenters. The third-order valence-corrected chi connectivity index (χ3v) is 6.63. The largest absolute Gasteiger partial charge is 0.461 e. The van der Waals surface area contributed by atoms with Gasteiger partial charge in [-0.05, 0) is 56.0 Å². The standard InChI is InChI=1S/C29H34N6O2.C2H6/c1-3-15-30-18-25-34-26(27(35-25)29(36)37-4-2)22-13-9-20(10-14-22)19-7-11-21(12-8-19)24-17-32-28(33-24)23-6-5-16-31-23;1-2/h7-14,17,23,30-31H,3-6,15-16,18H2,1-2H3,(H,32,33)(H,34,35);1-2H3/t23-;/m0./s1. The van der Waals surface area contributed by atoms with Gasteiger partial charge in [-0.1, -0.05) is 69.3 Å². The van der Waals surface area contributed by atoms with E-state index in [0.29, 0.717) is 30.6 Å². The second-order valence-corrected chi connectivity index (χ2v) is 9.29. The van der Waals surface area contributed by atoms with E-state index in [9.17, 15) is 4.79 Å². The van der Waals surface area contributed by atoms with Crippen LogP contribution in [-0.2, 0) is 11.3 Å². The molecular weight excluding hydrogens is 488 g/mol. The van der Waals surface area contributed by atoms with Crippen molar-refractivity contribution in [3.8, 4) is 33.6 Å². The molecule has 5 rings (SSSR count). The molecule has 2 aromatic carbocycles. The maximum Gasteiger partial charge on any atom is 0.357 e. The number of hydrogen-bond acceptors (Lipinski definition) is 6. The number of benzene rings is 2. The second-order valence-electron chi connectivity index (χ2n) is 9.29. The molecule has 4 aromatic rings. The summed E-state index contributed by atoms with van der Waals surface area (Å²) in [7, 11) is 0. The number of imidazole rings is 2. The van der Waals surface area contributed by atoms with Crippen molar-refractivity contribution in [2.45, 2.75) is 59.5 Å². The lowest BCUT2D eigenvalue weighted by atomic mass is 10.0. The van der Waals surface area contributed by atoms with Gasteiger partial charge in [0, 0.05) is 5.56 Å². The Morgan fingerprint density at radius 2 is 1.64 bits per heavy atom. The molecule has 8 nitrogen and oxygen atoms in total. The van der Waals surface area contributed by atoms with E-state index in [0.717, 1.165) is 65.5 Å². The molecule has 1 aliphatic heterocycles. The number of nitrogens with one attached hydrogen (secondary N) is 4. The molecule has 0 aliphatic carbocycles. The Morgan fingerprint density at radius 3 is 2.26 bits per heavy atom. The number of nitrogens with zero attached hydrogens (tertiary/aromatic N) is 2. The van der Waals surface area contributed by atoms with Crippen LogP contribution in [0.4, 0.5) is 0 Å². The molecule has 2 aromatic heterocycles. The summed E-state index contributed by atoms with van der Waals surface area (Å²) in [5.41, 5.74) is 6.21. The van der Waals surface area contributed by atoms with Crippen molar-refractivity contribution in [3.63, 3.8) is 0 Å². The van der Waals surface area contributed by atoms with Gasteiger partial charge in [-0.15, -0.1) is 0 Å². The minimum atomic E-state index is -0.392. The molecule has 4 N–H and O–H groups in total. The molecule has 39 heavy (non-hydrogen) atoms. The Labute approximate surface area is 231 Å². The highest BCUT2D eigenvalue weighted by Gasteiger charge is 2.21. The van der Waals surface area contributed by atoms with Crippen LogP contribution in [0.1, 0.15) is 75.1 Å². The van der Waals surface area contributed by atoms with Crippen LogP contribution < -0.4 is 10.6 Å². The zero-order valence-corrected chi connectivity index (χ0v) is 23.4. The SMILES string of the molecule is CC.CCCNCc1nc(-c2ccc(-c3ccc(-c4cnc([C@@H]5CCCN5)[nH]4)cc3)cc2)c(C(=O)OCC)[nH]1. The van der Waals surface area contributed by atoms with Crippen LogP contribution >= 0.6 is 0 Å². The van der Waals surface area contributed by atoms with Crippen molar-refractivity contribution < 1.29 is 9.53 Å². The smallest absolute Gasteiger partial charge is 0.357 e. The maximum absolute atomic E-state index is 12.6. The molecule has 8 heteroatoms. The summed E-state index contributed by atoms with van der Waals surface area (Å²) in [6.07, 6.45) is 5.26. The Kier molecular flexibility index (Phi) is 10.1. The summed E-state index contributed by atoms with van der Waals surface area (Å²) in [5, 5.41) is 6.81. The highest BCUT2D eigenvalue weighted by molar-refractivity contribution is 5.94. The summed E-state index contributed by atoms with van der Waals surface area (Å²) in [4.78, 5) is 28.5. The molecule has 3 heterocycles. The van der Waals surface area contributed by atoms with Crippen LogP contribution in [-0.4, -0.2) is 45.6 Å². The first kappa shape index (κ1) is 28.3. The van der Waals surface area contributed by atoms with Crippen molar-refractivity contribution >= 4 is 5.97 Å². The van der Waals surface area contributed by atoms with Gasteiger partial charge in [0.05, 0.1) is 31.1 Å². The van der Waals surface area contributed by atoms with Gasteiger partial charge in [0.1, 0.15) is 17.3 Å². The molecule has 0 bridgehead atoms. The summed E-state index contributed by atoms with van der Waals surface area (Å²) in [6, 6.07) is 16.9. The molecule has 1 fully saturated rings. The number of H-pyrrole nitrogens is 2. The second kappa shape index (κ2) is 13.9. The average molecular weight is 529 g/mol. The van der Waals surface area contributed by atoms with Crippen molar-refractivity contribution in [1.82, 2.24) is 30.6 Å². The third-order valence-electron chi connectivity index (χ3n) is 6.63. The highest BCUT2D eigenvalue weighted by atomic mass is 16.5. The first-order valence-corrected chi connectivity index (χ1v) is 14.1. The number of hydrogen-bond donors (Lipinski definition) is 4. The molecule has 1 aliphatic rings. The quantitative estimate of drug-likeness (QED) is 0.143. The first-order valence-electron chi connectivity index (χ1n) is 14.1. The van der Waals surface area contributed by atoms with Gasteiger partial charge in [0.15, 0.2) is 5.69 Å². The van der Waals surface area contributed by atoms with E-state index in [-0.39, 0.29) is 0 Å². The van der Waals surface area contributed by atoms with Gasteiger partial charge < -0.3 is 25.3 Å². The Hall–Kier alpha value is -3.75. The number of carbonyl (C=O) groups is 1. The van der Waals surface area contributed by atoms with E-state index in [4.69, 9.17) is 9.72 Å². The minimum absolute atomic E-state index is 0.312. The lowest BCUT2D eigenvalue weighted by Crippen LogP contribution is -2.15. The van der Waals surface area contributed by atoms with Crippen LogP contribution in [0.5, 0.6) is 0 Å². The lowest BCUT2D eigenvalue weighted by Gasteiger charge is -2.07. The van der Waals surface area contributed by atoms with E-state index in [2.05, 4.69) is 68.9 Å². The van der Waals surface area contributed by atoms with Gasteiger partial charge in [0.2, 0.25) is 0 Å². The van der Waals surface area contributed by atoms with Crippen LogP contribution in [0.2, 0.25) is 0 Å². The fourth-order valence-electron chi connectivity index (χ4n) is 4.69. The van der Waals surface area contributed by atoms with Crippen LogP contribution in [0.3, 0.4) is 0 Å². The molecule has 1 saturated heterocycles. The van der Waals surface area contributed by atoms with Crippen LogP contribution in [0, 0.1) is 0 Å². The third kappa shape index (κ3) is 6.82. The first-order chi connectivity index (χ1) is 19.2. The van der Waals surface area contributed by atoms with Crippen LogP contribution in [0.25, 0.3) is 33.6 Å². The van der Waals surface area contributed by atoms with E-state index >= 15 is 0 Å². The molecular formula is C31H40N6O2. The van der Waals surface area contributed by atoms with Crippen molar-refractivity contribution in [2.24, 2.45) is 0 Å². The van der Waals surface area contributed by atoms with Gasteiger partial charge >= 0.3 is 5.97 Å². The number of carbonyl (C=O) groups excluding carboxylic acids is 1. The predicted molar refractivity (Wildman–Crippen MR) is 156 cm³/mol. The van der Waals surface area contributed by atoms with E-state index in [1.54, 1.807) is 6.92 Å². The molecule has 206 valence electrons. The van der Waals surface area contributed by atoms with E-state index in [1.807, 2.05) is 32.2 Å². The normalized spacial score (nSPS) is 14.6. The number of aromatic nitrogens is 4. The Balaban J connectivity index is 0.00000172. The molecule has 0 amide bonds. The van der Waals surface area contributed by atoms with Crippen molar-refractivity contribution in [1.29, 1.82) is 0 Å². The maximum atomic E-state index is 12.6. The lowest BCUT2D eigenvalue weighted by molar-refractivity contribution is 0.0521. The minimum Gasteiger partial charge on any atom is -0.461 e. The van der Waals surface area contributed by atoms with Crippen LogP contribution in [0.15, 0.2) is 54.7 Å². The molecule has 0 radical (unpaired) electrons. The van der Waals surface area contributed by atoms with Crippen molar-refractivity contribution in [3.05, 3.63) is 72.1 Å². The van der Waals surface area contributed by atoms with Gasteiger partial charge in [-0.25, -0.2) is 14.8 Å². The van der Waals surface area contributed by atoms with E-state index in [1.165, 1.54) is 6.42 Å². The average Bonchev–Trinajstić information content (AvgIpc) is 3.76. The van der Waals surface area contributed by atoms with E-state index < -0.39 is 5.97 Å². The Bertz CT molecular complexity index is 1320. The summed E-state index contributed by atoms with van der Waals surface area (Å²) in [5.74, 6) is 1.34. The number of aromatic amines is 2. The van der Waals surface area contributed by atoms with Gasteiger partial charge in [-0.3, -0.25) is 0 Å². The summed E-state index contributed by atoms with van der Waals surface area (Å²) >= 11 is 0. The topological polar surface area (TPSA) is 108 Å². The summed E-state index contributed by atoms with van der Waals surface area (Å²) in [6.45, 7) is 10.7. The zero-order chi connectivity index (χ0) is 27.6. The molecule has 0 unspecified atom stereocenters. The van der Waals surface area contributed by atoms with Gasteiger partial charge in [-0.2, -0.15) is 0 Å². The molecule has 0 saturated carbocycles. The highest BCUT2D eigenvalue weighted by Crippen LogP contribution is 2.29. The van der Waals surface area contributed by atoms with Crippen molar-refractivity contribution in [2.75, 3.05) is 19.7 Å².